The summed E-state index contributed by atoms with van der Waals surface area (Å²) in [5, 5.41) is 0.159. The second-order valence-electron chi connectivity index (χ2n) is 2.74. The molecule has 0 aliphatic carbocycles. The average molecular weight is 251 g/mol. The first-order valence-corrected chi connectivity index (χ1v) is 5.85. The molecule has 1 rings (SSSR count). The standard InChI is InChI=1S/C8H11ClN2O3S/c1-11-15(12,13)5-3-6(9)8(14-2)7(10)4-5/h3-4,11H,10H2,1-2H3. The first-order chi connectivity index (χ1) is 6.92. The van der Waals surface area contributed by atoms with Gasteiger partial charge in [0, 0.05) is 0 Å². The lowest BCUT2D eigenvalue weighted by Crippen LogP contribution is -2.18. The van der Waals surface area contributed by atoms with E-state index in [1.807, 2.05) is 0 Å². The summed E-state index contributed by atoms with van der Waals surface area (Å²) in [5.41, 5.74) is 5.76. The van der Waals surface area contributed by atoms with Crippen molar-refractivity contribution >= 4 is 27.3 Å². The summed E-state index contributed by atoms with van der Waals surface area (Å²) in [7, 11) is -0.822. The van der Waals surface area contributed by atoms with Crippen molar-refractivity contribution < 1.29 is 13.2 Å². The molecule has 7 heteroatoms. The van der Waals surface area contributed by atoms with Crippen molar-refractivity contribution in [2.75, 3.05) is 19.9 Å². The van der Waals surface area contributed by atoms with E-state index in [2.05, 4.69) is 4.72 Å². The normalized spacial score (nSPS) is 11.4. The molecule has 0 bridgehead atoms. The molecule has 5 nitrogen and oxygen atoms in total. The minimum absolute atomic E-state index is 0.00769. The fraction of sp³-hybridized carbons (Fsp3) is 0.250. The summed E-state index contributed by atoms with van der Waals surface area (Å²) in [4.78, 5) is 0.00769. The van der Waals surface area contributed by atoms with E-state index in [0.29, 0.717) is 0 Å². The third kappa shape index (κ3) is 2.34. The molecule has 1 aromatic rings. The molecular weight excluding hydrogens is 240 g/mol. The number of rotatable bonds is 3. The molecule has 0 radical (unpaired) electrons. The number of hydrogen-bond acceptors (Lipinski definition) is 4. The van der Waals surface area contributed by atoms with Crippen LogP contribution < -0.4 is 15.2 Å². The number of hydrogen-bond donors (Lipinski definition) is 2. The van der Waals surface area contributed by atoms with Gasteiger partial charge >= 0.3 is 0 Å². The molecule has 84 valence electrons. The van der Waals surface area contributed by atoms with Gasteiger partial charge in [-0.3, -0.25) is 0 Å². The minimum Gasteiger partial charge on any atom is -0.493 e. The van der Waals surface area contributed by atoms with Crippen molar-refractivity contribution in [2.24, 2.45) is 0 Å². The number of halogens is 1. The highest BCUT2D eigenvalue weighted by Gasteiger charge is 2.16. The topological polar surface area (TPSA) is 81.4 Å². The largest absolute Gasteiger partial charge is 0.493 e. The Morgan fingerprint density at radius 3 is 2.47 bits per heavy atom. The van der Waals surface area contributed by atoms with Crippen molar-refractivity contribution in [3.63, 3.8) is 0 Å². The van der Waals surface area contributed by atoms with E-state index in [4.69, 9.17) is 22.1 Å². The molecule has 0 atom stereocenters. The fourth-order valence-corrected chi connectivity index (χ4v) is 2.24. The Labute approximate surface area is 93.2 Å². The highest BCUT2D eigenvalue weighted by molar-refractivity contribution is 7.89. The van der Waals surface area contributed by atoms with Crippen LogP contribution in [0.15, 0.2) is 17.0 Å². The highest BCUT2D eigenvalue weighted by atomic mass is 35.5. The Morgan fingerprint density at radius 2 is 2.07 bits per heavy atom. The van der Waals surface area contributed by atoms with Crippen LogP contribution in [0.3, 0.4) is 0 Å². The van der Waals surface area contributed by atoms with Crippen LogP contribution >= 0.6 is 11.6 Å². The molecular formula is C8H11ClN2O3S. The van der Waals surface area contributed by atoms with E-state index in [0.717, 1.165) is 0 Å². The van der Waals surface area contributed by atoms with Crippen LogP contribution in [0.5, 0.6) is 5.75 Å². The van der Waals surface area contributed by atoms with Crippen molar-refractivity contribution in [1.82, 2.24) is 4.72 Å². The maximum Gasteiger partial charge on any atom is 0.240 e. The number of nitrogens with one attached hydrogen (secondary N) is 1. The van der Waals surface area contributed by atoms with Crippen LogP contribution in [0, 0.1) is 0 Å². The zero-order chi connectivity index (χ0) is 11.6. The van der Waals surface area contributed by atoms with Gasteiger partial charge in [-0.05, 0) is 19.2 Å². The Hall–Kier alpha value is -0.980. The number of benzene rings is 1. The lowest BCUT2D eigenvalue weighted by molar-refractivity contribution is 0.417. The van der Waals surface area contributed by atoms with E-state index < -0.39 is 10.0 Å². The number of sulfonamides is 1. The van der Waals surface area contributed by atoms with Crippen molar-refractivity contribution in [2.45, 2.75) is 4.90 Å². The maximum absolute atomic E-state index is 11.4. The fourth-order valence-electron chi connectivity index (χ4n) is 1.08. The first-order valence-electron chi connectivity index (χ1n) is 3.99. The lowest BCUT2D eigenvalue weighted by atomic mass is 10.3. The molecule has 0 aliphatic heterocycles. The predicted octanol–water partition coefficient (Wildman–Crippen LogP) is 0.839. The van der Waals surface area contributed by atoms with Gasteiger partial charge in [0.15, 0.2) is 5.75 Å². The quantitative estimate of drug-likeness (QED) is 0.779. The van der Waals surface area contributed by atoms with E-state index in [1.165, 1.54) is 26.3 Å². The molecule has 0 spiro atoms. The molecule has 0 aromatic heterocycles. The number of methoxy groups -OCH3 is 1. The van der Waals surface area contributed by atoms with E-state index in [1.54, 1.807) is 0 Å². The van der Waals surface area contributed by atoms with Gasteiger partial charge in [0.25, 0.3) is 0 Å². The molecule has 3 N–H and O–H groups in total. The number of ether oxygens (including phenoxy) is 1. The van der Waals surface area contributed by atoms with Crippen LogP contribution in [0.1, 0.15) is 0 Å². The number of anilines is 1. The lowest BCUT2D eigenvalue weighted by Gasteiger charge is -2.09. The van der Waals surface area contributed by atoms with Crippen LogP contribution in [0.4, 0.5) is 5.69 Å². The molecule has 0 heterocycles. The Kier molecular flexibility index (Phi) is 3.43. The highest BCUT2D eigenvalue weighted by Crippen LogP contribution is 2.33. The summed E-state index contributed by atoms with van der Waals surface area (Å²) >= 11 is 5.80. The minimum atomic E-state index is -3.54. The summed E-state index contributed by atoms with van der Waals surface area (Å²) in [5.74, 6) is 0.270. The monoisotopic (exact) mass is 250 g/mol. The number of nitrogens with two attached hydrogens (primary N) is 1. The summed E-state index contributed by atoms with van der Waals surface area (Å²) < 4.78 is 29.9. The second-order valence-corrected chi connectivity index (χ2v) is 5.03. The van der Waals surface area contributed by atoms with E-state index in [-0.39, 0.29) is 21.4 Å². The van der Waals surface area contributed by atoms with Gasteiger partial charge in [-0.15, -0.1) is 0 Å². The first kappa shape index (κ1) is 12.1. The van der Waals surface area contributed by atoms with Gasteiger partial charge in [0.1, 0.15) is 0 Å². The van der Waals surface area contributed by atoms with Crippen LogP contribution in [0.25, 0.3) is 0 Å². The Morgan fingerprint density at radius 1 is 1.47 bits per heavy atom. The van der Waals surface area contributed by atoms with Crippen molar-refractivity contribution in [3.05, 3.63) is 17.2 Å². The molecule has 0 unspecified atom stereocenters. The van der Waals surface area contributed by atoms with Gasteiger partial charge in [-0.25, -0.2) is 13.1 Å². The summed E-state index contributed by atoms with van der Waals surface area (Å²) in [6, 6.07) is 2.57. The summed E-state index contributed by atoms with van der Waals surface area (Å²) in [6.07, 6.45) is 0. The average Bonchev–Trinajstić information content (AvgIpc) is 2.17. The molecule has 15 heavy (non-hydrogen) atoms. The van der Waals surface area contributed by atoms with E-state index in [9.17, 15) is 8.42 Å². The van der Waals surface area contributed by atoms with Gasteiger partial charge in [0.2, 0.25) is 10.0 Å². The Balaban J connectivity index is 3.39. The predicted molar refractivity (Wildman–Crippen MR) is 58.7 cm³/mol. The second kappa shape index (κ2) is 4.26. The van der Waals surface area contributed by atoms with Crippen molar-refractivity contribution in [1.29, 1.82) is 0 Å². The van der Waals surface area contributed by atoms with Gasteiger partial charge < -0.3 is 10.5 Å². The Bertz CT molecular complexity index is 450. The smallest absolute Gasteiger partial charge is 0.240 e. The molecule has 0 aliphatic rings. The zero-order valence-electron chi connectivity index (χ0n) is 8.24. The molecule has 0 saturated heterocycles. The molecule has 1 aromatic carbocycles. The van der Waals surface area contributed by atoms with Gasteiger partial charge in [-0.2, -0.15) is 0 Å². The van der Waals surface area contributed by atoms with Gasteiger partial charge in [-0.1, -0.05) is 11.6 Å². The number of nitrogen functional groups attached to an aromatic ring is 1. The molecule has 0 fully saturated rings. The van der Waals surface area contributed by atoms with Crippen LogP contribution in [0.2, 0.25) is 5.02 Å². The van der Waals surface area contributed by atoms with Gasteiger partial charge in [0.05, 0.1) is 22.7 Å². The van der Waals surface area contributed by atoms with Crippen molar-refractivity contribution in [3.8, 4) is 5.75 Å². The van der Waals surface area contributed by atoms with Crippen LogP contribution in [-0.4, -0.2) is 22.6 Å². The third-order valence-corrected chi connectivity index (χ3v) is 3.50. The third-order valence-electron chi connectivity index (χ3n) is 1.83. The van der Waals surface area contributed by atoms with E-state index >= 15 is 0 Å². The maximum atomic E-state index is 11.4. The van der Waals surface area contributed by atoms with Crippen LogP contribution in [-0.2, 0) is 10.0 Å². The zero-order valence-corrected chi connectivity index (χ0v) is 9.82. The summed E-state index contributed by atoms with van der Waals surface area (Å²) in [6.45, 7) is 0. The molecule has 0 amide bonds. The molecule has 0 saturated carbocycles. The SMILES string of the molecule is CNS(=O)(=O)c1cc(N)c(OC)c(Cl)c1.